The number of methoxy groups -OCH3 is 1. The molecule has 0 atom stereocenters. The normalized spacial score (nSPS) is 11.2. The smallest absolute Gasteiger partial charge is 0.337 e. The molecule has 30 heavy (non-hydrogen) atoms. The first kappa shape index (κ1) is 21.7. The Morgan fingerprint density at radius 1 is 1.27 bits per heavy atom. The molecule has 0 aliphatic heterocycles. The summed E-state index contributed by atoms with van der Waals surface area (Å²) < 4.78 is 6.30. The van der Waals surface area contributed by atoms with Gasteiger partial charge in [0, 0.05) is 24.6 Å². The summed E-state index contributed by atoms with van der Waals surface area (Å²) in [4.78, 5) is 41.9. The Morgan fingerprint density at radius 3 is 2.57 bits per heavy atom. The molecule has 0 saturated carbocycles. The van der Waals surface area contributed by atoms with Crippen LogP contribution in [0.25, 0.3) is 10.2 Å². The molecule has 0 radical (unpaired) electrons. The molecular weight excluding hydrogens is 406 g/mol. The quantitative estimate of drug-likeness (QED) is 0.569. The minimum Gasteiger partial charge on any atom is -0.478 e. The van der Waals surface area contributed by atoms with E-state index in [2.05, 4.69) is 24.1 Å². The van der Waals surface area contributed by atoms with Gasteiger partial charge in [-0.1, -0.05) is 26.0 Å². The van der Waals surface area contributed by atoms with Gasteiger partial charge in [-0.25, -0.2) is 9.78 Å². The number of thiophene rings is 1. The van der Waals surface area contributed by atoms with Crippen LogP contribution in [0.3, 0.4) is 0 Å². The molecule has 2 aromatic heterocycles. The highest BCUT2D eigenvalue weighted by Gasteiger charge is 2.20. The van der Waals surface area contributed by atoms with E-state index in [-0.39, 0.29) is 17.5 Å². The molecule has 0 aliphatic rings. The predicted octanol–water partition coefficient (Wildman–Crippen LogP) is 3.11. The van der Waals surface area contributed by atoms with Gasteiger partial charge in [0.05, 0.1) is 17.6 Å². The number of carboxylic acid groups (broad SMARTS) is 1. The lowest BCUT2D eigenvalue weighted by molar-refractivity contribution is -0.116. The number of rotatable bonds is 8. The van der Waals surface area contributed by atoms with Crippen molar-refractivity contribution in [3.8, 4) is 0 Å². The molecule has 8 nitrogen and oxygen atoms in total. The van der Waals surface area contributed by atoms with Gasteiger partial charge in [-0.15, -0.1) is 11.3 Å². The van der Waals surface area contributed by atoms with E-state index in [0.717, 1.165) is 16.9 Å². The third-order valence-corrected chi connectivity index (χ3v) is 5.57. The second-order valence-corrected chi connectivity index (χ2v) is 7.98. The molecule has 2 heterocycles. The molecule has 0 bridgehead atoms. The molecular formula is C21H23N3O5S. The van der Waals surface area contributed by atoms with Gasteiger partial charge < -0.3 is 15.2 Å². The second-order valence-electron chi connectivity index (χ2n) is 7.12. The molecule has 3 aromatic rings. The van der Waals surface area contributed by atoms with Crippen LogP contribution >= 0.6 is 11.3 Å². The van der Waals surface area contributed by atoms with E-state index in [9.17, 15) is 19.5 Å². The van der Waals surface area contributed by atoms with E-state index >= 15 is 0 Å². The van der Waals surface area contributed by atoms with Crippen molar-refractivity contribution in [2.75, 3.05) is 19.0 Å². The lowest BCUT2D eigenvalue weighted by Crippen LogP contribution is -2.32. The highest BCUT2D eigenvalue weighted by molar-refractivity contribution is 7.17. The molecule has 0 fully saturated rings. The van der Waals surface area contributed by atoms with Crippen molar-refractivity contribution >= 4 is 39.1 Å². The van der Waals surface area contributed by atoms with Crippen LogP contribution in [0.1, 0.15) is 41.5 Å². The first-order valence-electron chi connectivity index (χ1n) is 9.44. The standard InChI is InChI=1S/C21H23N3O5S/c1-12(2)13-4-6-14(7-5-13)22-17(25)10-24-16(8-9-29-3)23-19-18(20(24)26)15(11-30-19)21(27)28/h4-7,11-12H,8-10H2,1-3H3,(H,22,25)(H,27,28). The van der Waals surface area contributed by atoms with Crippen molar-refractivity contribution in [2.24, 2.45) is 0 Å². The zero-order valence-electron chi connectivity index (χ0n) is 17.0. The number of aromatic nitrogens is 2. The number of benzene rings is 1. The van der Waals surface area contributed by atoms with Gasteiger partial charge in [-0.3, -0.25) is 14.2 Å². The van der Waals surface area contributed by atoms with E-state index in [1.54, 1.807) is 0 Å². The van der Waals surface area contributed by atoms with Gasteiger partial charge in [0.25, 0.3) is 5.56 Å². The fourth-order valence-corrected chi connectivity index (χ4v) is 3.99. The molecule has 3 rings (SSSR count). The molecule has 0 spiro atoms. The molecule has 0 saturated heterocycles. The lowest BCUT2D eigenvalue weighted by Gasteiger charge is -2.13. The number of hydrogen-bond acceptors (Lipinski definition) is 6. The monoisotopic (exact) mass is 429 g/mol. The third kappa shape index (κ3) is 4.58. The Labute approximate surface area is 177 Å². The van der Waals surface area contributed by atoms with Crippen LogP contribution in [0, 0.1) is 0 Å². The van der Waals surface area contributed by atoms with Crippen LogP contribution in [-0.4, -0.2) is 40.3 Å². The Hall–Kier alpha value is -3.04. The Morgan fingerprint density at radius 2 is 1.97 bits per heavy atom. The maximum absolute atomic E-state index is 13.1. The van der Waals surface area contributed by atoms with E-state index in [4.69, 9.17) is 4.74 Å². The summed E-state index contributed by atoms with van der Waals surface area (Å²) in [6.45, 7) is 4.20. The highest BCUT2D eigenvalue weighted by Crippen LogP contribution is 2.22. The van der Waals surface area contributed by atoms with E-state index < -0.39 is 17.4 Å². The van der Waals surface area contributed by atoms with Crippen molar-refractivity contribution in [2.45, 2.75) is 32.7 Å². The summed E-state index contributed by atoms with van der Waals surface area (Å²) in [6.07, 6.45) is 0.318. The van der Waals surface area contributed by atoms with E-state index in [0.29, 0.717) is 35.3 Å². The van der Waals surface area contributed by atoms with Crippen molar-refractivity contribution in [1.82, 2.24) is 9.55 Å². The van der Waals surface area contributed by atoms with Crippen LogP contribution in [0.5, 0.6) is 0 Å². The number of carbonyl (C=O) groups is 2. The number of nitrogens with zero attached hydrogens (tertiary/aromatic N) is 2. The number of carboxylic acids is 1. The van der Waals surface area contributed by atoms with E-state index in [1.165, 1.54) is 17.1 Å². The zero-order valence-corrected chi connectivity index (χ0v) is 17.8. The molecule has 0 aliphatic carbocycles. The number of ether oxygens (including phenoxy) is 1. The van der Waals surface area contributed by atoms with Crippen LogP contribution < -0.4 is 10.9 Å². The molecule has 9 heteroatoms. The molecule has 1 aromatic carbocycles. The van der Waals surface area contributed by atoms with Crippen LogP contribution in [0.2, 0.25) is 0 Å². The summed E-state index contributed by atoms with van der Waals surface area (Å²) in [6, 6.07) is 7.50. The Balaban J connectivity index is 1.93. The van der Waals surface area contributed by atoms with E-state index in [1.807, 2.05) is 24.3 Å². The first-order chi connectivity index (χ1) is 14.3. The summed E-state index contributed by atoms with van der Waals surface area (Å²) in [5, 5.41) is 13.5. The van der Waals surface area contributed by atoms with Crippen molar-refractivity contribution in [3.05, 3.63) is 57.0 Å². The molecule has 2 N–H and O–H groups in total. The SMILES string of the molecule is COCCc1nc2scc(C(=O)O)c2c(=O)n1CC(=O)Nc1ccc(C(C)C)cc1. The molecule has 1 amide bonds. The maximum Gasteiger partial charge on any atom is 0.337 e. The predicted molar refractivity (Wildman–Crippen MR) is 116 cm³/mol. The number of aromatic carboxylic acids is 1. The van der Waals surface area contributed by atoms with Crippen molar-refractivity contribution in [3.63, 3.8) is 0 Å². The van der Waals surface area contributed by atoms with Crippen LogP contribution in [0.4, 0.5) is 5.69 Å². The molecule has 158 valence electrons. The van der Waals surface area contributed by atoms with Crippen molar-refractivity contribution in [1.29, 1.82) is 0 Å². The molecule has 0 unspecified atom stereocenters. The van der Waals surface area contributed by atoms with Gasteiger partial charge in [0.1, 0.15) is 17.2 Å². The van der Waals surface area contributed by atoms with Gasteiger partial charge >= 0.3 is 5.97 Å². The van der Waals surface area contributed by atoms with Gasteiger partial charge in [0.15, 0.2) is 0 Å². The zero-order chi connectivity index (χ0) is 21.8. The topological polar surface area (TPSA) is 111 Å². The van der Waals surface area contributed by atoms with Gasteiger partial charge in [0.2, 0.25) is 5.91 Å². The fourth-order valence-electron chi connectivity index (χ4n) is 3.07. The second kappa shape index (κ2) is 9.19. The van der Waals surface area contributed by atoms with Gasteiger partial charge in [-0.2, -0.15) is 0 Å². The number of amides is 1. The fraction of sp³-hybridized carbons (Fsp3) is 0.333. The van der Waals surface area contributed by atoms with Crippen molar-refractivity contribution < 1.29 is 19.4 Å². The lowest BCUT2D eigenvalue weighted by atomic mass is 10.0. The number of carbonyl (C=O) groups excluding carboxylic acids is 1. The van der Waals surface area contributed by atoms with Crippen LogP contribution in [-0.2, 0) is 22.5 Å². The number of nitrogens with one attached hydrogen (secondary N) is 1. The Bertz CT molecular complexity index is 1130. The average Bonchev–Trinajstić information content (AvgIpc) is 3.13. The first-order valence-corrected chi connectivity index (χ1v) is 10.3. The number of fused-ring (bicyclic) bond motifs is 1. The largest absolute Gasteiger partial charge is 0.478 e. The number of hydrogen-bond donors (Lipinski definition) is 2. The average molecular weight is 429 g/mol. The minimum absolute atomic E-state index is 0.0164. The third-order valence-electron chi connectivity index (χ3n) is 4.70. The summed E-state index contributed by atoms with van der Waals surface area (Å²) in [5.41, 5.74) is 1.12. The summed E-state index contributed by atoms with van der Waals surface area (Å²) in [7, 11) is 1.53. The maximum atomic E-state index is 13.1. The van der Waals surface area contributed by atoms with Crippen LogP contribution in [0.15, 0.2) is 34.4 Å². The van der Waals surface area contributed by atoms with Gasteiger partial charge in [-0.05, 0) is 23.6 Å². The summed E-state index contributed by atoms with van der Waals surface area (Å²) >= 11 is 1.09. The highest BCUT2D eigenvalue weighted by atomic mass is 32.1. The minimum atomic E-state index is -1.20. The Kier molecular flexibility index (Phi) is 6.63. The summed E-state index contributed by atoms with van der Waals surface area (Å²) in [5.74, 6) is -0.852. The number of anilines is 1.